The lowest BCUT2D eigenvalue weighted by Gasteiger charge is -2.41. The number of carbonyl (C=O) groups excluding carboxylic acids is 1. The third-order valence-corrected chi connectivity index (χ3v) is 8.03. The van der Waals surface area contributed by atoms with Crippen LogP contribution in [0, 0.1) is 0 Å². The summed E-state index contributed by atoms with van der Waals surface area (Å²) in [5.41, 5.74) is 0. The standard InChI is InChI=1S/C32H63NO6/c1-4-6-8-10-12-14-16-18-20-22-24-27(3)39-32(37)33(31-30(36)29(35)28(34)26-38-31)25-23-21-19-17-15-13-11-9-7-5-2/h27-31,34-36H,4-26H2,1-3H3/t27?,28-,29-,30-,31?/m1/s1. The SMILES string of the molecule is CCCCCCCCCCCCC(C)OC(=O)N(CCCCCCCCCCCC)C1OC[C@@H](O)[C@@H](O)[C@H]1O. The van der Waals surface area contributed by atoms with Crippen LogP contribution in [0.2, 0.25) is 0 Å². The van der Waals surface area contributed by atoms with Gasteiger partial charge < -0.3 is 24.8 Å². The van der Waals surface area contributed by atoms with Crippen LogP contribution in [0.15, 0.2) is 0 Å². The first-order valence-corrected chi connectivity index (χ1v) is 16.5. The van der Waals surface area contributed by atoms with Crippen LogP contribution in [0.3, 0.4) is 0 Å². The summed E-state index contributed by atoms with van der Waals surface area (Å²) in [5, 5.41) is 30.6. The second kappa shape index (κ2) is 23.8. The Hall–Kier alpha value is -0.890. The molecule has 0 aromatic carbocycles. The first-order valence-electron chi connectivity index (χ1n) is 16.5. The number of aliphatic hydroxyl groups is 3. The minimum absolute atomic E-state index is 0.126. The molecule has 0 aromatic rings. The van der Waals surface area contributed by atoms with Crippen LogP contribution in [-0.2, 0) is 9.47 Å². The maximum absolute atomic E-state index is 13.1. The predicted molar refractivity (Wildman–Crippen MR) is 159 cm³/mol. The average Bonchev–Trinajstić information content (AvgIpc) is 2.92. The van der Waals surface area contributed by atoms with Gasteiger partial charge in [-0.1, -0.05) is 129 Å². The number of amides is 1. The van der Waals surface area contributed by atoms with E-state index in [0.717, 1.165) is 38.5 Å². The van der Waals surface area contributed by atoms with Gasteiger partial charge in [-0.25, -0.2) is 4.79 Å². The van der Waals surface area contributed by atoms with Gasteiger partial charge in [0.15, 0.2) is 6.23 Å². The van der Waals surface area contributed by atoms with Gasteiger partial charge in [-0.05, 0) is 26.2 Å². The van der Waals surface area contributed by atoms with Crippen molar-refractivity contribution in [3.05, 3.63) is 0 Å². The van der Waals surface area contributed by atoms with E-state index in [-0.39, 0.29) is 12.7 Å². The number of rotatable bonds is 24. The van der Waals surface area contributed by atoms with Crippen molar-refractivity contribution in [2.24, 2.45) is 0 Å². The van der Waals surface area contributed by atoms with E-state index >= 15 is 0 Å². The molecule has 1 saturated heterocycles. The molecule has 2 unspecified atom stereocenters. The molecule has 0 radical (unpaired) electrons. The van der Waals surface area contributed by atoms with Crippen molar-refractivity contribution in [1.29, 1.82) is 0 Å². The van der Waals surface area contributed by atoms with Crippen molar-refractivity contribution in [2.75, 3.05) is 13.2 Å². The molecule has 1 aliphatic rings. The van der Waals surface area contributed by atoms with Crippen LogP contribution in [0.5, 0.6) is 0 Å². The summed E-state index contributed by atoms with van der Waals surface area (Å²) in [6.07, 6.45) is 19.7. The lowest BCUT2D eigenvalue weighted by molar-refractivity contribution is -0.222. The Morgan fingerprint density at radius 1 is 0.718 bits per heavy atom. The van der Waals surface area contributed by atoms with Crippen LogP contribution in [0.4, 0.5) is 4.79 Å². The van der Waals surface area contributed by atoms with Crippen LogP contribution in [-0.4, -0.2) is 70.1 Å². The van der Waals surface area contributed by atoms with Crippen molar-refractivity contribution in [1.82, 2.24) is 4.90 Å². The number of unbranched alkanes of at least 4 members (excludes halogenated alkanes) is 18. The topological polar surface area (TPSA) is 99.5 Å². The lowest BCUT2D eigenvalue weighted by Crippen LogP contribution is -2.60. The highest BCUT2D eigenvalue weighted by Crippen LogP contribution is 2.22. The molecular weight excluding hydrogens is 494 g/mol. The fraction of sp³-hybridized carbons (Fsp3) is 0.969. The number of ether oxygens (including phenoxy) is 2. The molecule has 39 heavy (non-hydrogen) atoms. The summed E-state index contributed by atoms with van der Waals surface area (Å²) in [4.78, 5) is 14.5. The molecule has 3 N–H and O–H groups in total. The normalized spacial score (nSPS) is 22.1. The van der Waals surface area contributed by atoms with Crippen molar-refractivity contribution in [3.63, 3.8) is 0 Å². The molecule has 7 nitrogen and oxygen atoms in total. The smallest absolute Gasteiger partial charge is 0.412 e. The number of hydrogen-bond acceptors (Lipinski definition) is 6. The highest BCUT2D eigenvalue weighted by Gasteiger charge is 2.42. The number of aliphatic hydroxyl groups excluding tert-OH is 3. The second-order valence-electron chi connectivity index (χ2n) is 11.8. The zero-order valence-electron chi connectivity index (χ0n) is 25.7. The summed E-state index contributed by atoms with van der Waals surface area (Å²) in [6, 6.07) is 0. The molecule has 1 amide bonds. The Kier molecular flexibility index (Phi) is 22.0. The van der Waals surface area contributed by atoms with Gasteiger partial charge >= 0.3 is 6.09 Å². The van der Waals surface area contributed by atoms with E-state index in [9.17, 15) is 20.1 Å². The van der Waals surface area contributed by atoms with Gasteiger partial charge in [0.25, 0.3) is 0 Å². The molecule has 1 aliphatic heterocycles. The van der Waals surface area contributed by atoms with Gasteiger partial charge in [-0.2, -0.15) is 0 Å². The Morgan fingerprint density at radius 3 is 1.64 bits per heavy atom. The minimum Gasteiger partial charge on any atom is -0.446 e. The fourth-order valence-corrected chi connectivity index (χ4v) is 5.37. The molecule has 0 spiro atoms. The van der Waals surface area contributed by atoms with Crippen LogP contribution >= 0.6 is 0 Å². The number of carbonyl (C=O) groups is 1. The first kappa shape index (κ1) is 36.1. The van der Waals surface area contributed by atoms with Crippen molar-refractivity contribution in [3.8, 4) is 0 Å². The fourth-order valence-electron chi connectivity index (χ4n) is 5.37. The summed E-state index contributed by atoms with van der Waals surface area (Å²) < 4.78 is 11.4. The quantitative estimate of drug-likeness (QED) is 0.106. The molecule has 0 bridgehead atoms. The zero-order valence-corrected chi connectivity index (χ0v) is 25.7. The Labute approximate surface area is 240 Å². The molecule has 0 aromatic heterocycles. The van der Waals surface area contributed by atoms with E-state index in [1.165, 1.54) is 101 Å². The first-order chi connectivity index (χ1) is 18.9. The molecule has 232 valence electrons. The van der Waals surface area contributed by atoms with Crippen LogP contribution in [0.25, 0.3) is 0 Å². The summed E-state index contributed by atoms with van der Waals surface area (Å²) in [5.74, 6) is 0. The van der Waals surface area contributed by atoms with Gasteiger partial charge in [-0.15, -0.1) is 0 Å². The van der Waals surface area contributed by atoms with E-state index in [4.69, 9.17) is 9.47 Å². The monoisotopic (exact) mass is 557 g/mol. The van der Waals surface area contributed by atoms with Crippen molar-refractivity contribution < 1.29 is 29.6 Å². The molecule has 0 aliphatic carbocycles. The Bertz CT molecular complexity index is 577. The van der Waals surface area contributed by atoms with E-state index in [0.29, 0.717) is 6.54 Å². The molecular formula is C32H63NO6. The second-order valence-corrected chi connectivity index (χ2v) is 11.8. The maximum atomic E-state index is 13.1. The summed E-state index contributed by atoms with van der Waals surface area (Å²) in [7, 11) is 0. The van der Waals surface area contributed by atoms with Gasteiger partial charge in [0.1, 0.15) is 24.4 Å². The van der Waals surface area contributed by atoms with Crippen LogP contribution < -0.4 is 0 Å². The summed E-state index contributed by atoms with van der Waals surface area (Å²) in [6.45, 7) is 6.67. The molecule has 7 heteroatoms. The third-order valence-electron chi connectivity index (χ3n) is 8.03. The van der Waals surface area contributed by atoms with Crippen LogP contribution in [0.1, 0.15) is 156 Å². The summed E-state index contributed by atoms with van der Waals surface area (Å²) >= 11 is 0. The van der Waals surface area contributed by atoms with Crippen molar-refractivity contribution in [2.45, 2.75) is 186 Å². The highest BCUT2D eigenvalue weighted by atomic mass is 16.6. The molecule has 1 rings (SSSR count). The van der Waals surface area contributed by atoms with Crippen molar-refractivity contribution >= 4 is 6.09 Å². The molecule has 1 heterocycles. The van der Waals surface area contributed by atoms with E-state index in [1.807, 2.05) is 6.92 Å². The Morgan fingerprint density at radius 2 is 1.15 bits per heavy atom. The largest absolute Gasteiger partial charge is 0.446 e. The zero-order chi connectivity index (χ0) is 28.7. The minimum atomic E-state index is -1.37. The van der Waals surface area contributed by atoms with Gasteiger partial charge in [-0.3, -0.25) is 4.90 Å². The van der Waals surface area contributed by atoms with Gasteiger partial charge in [0.2, 0.25) is 0 Å². The third kappa shape index (κ3) is 16.8. The average molecular weight is 558 g/mol. The maximum Gasteiger partial charge on any atom is 0.412 e. The Balaban J connectivity index is 2.38. The highest BCUT2D eigenvalue weighted by molar-refractivity contribution is 5.68. The van der Waals surface area contributed by atoms with E-state index < -0.39 is 30.6 Å². The van der Waals surface area contributed by atoms with E-state index in [1.54, 1.807) is 0 Å². The van der Waals surface area contributed by atoms with Gasteiger partial charge in [0, 0.05) is 6.54 Å². The number of nitrogens with zero attached hydrogens (tertiary/aromatic N) is 1. The molecule has 5 atom stereocenters. The van der Waals surface area contributed by atoms with E-state index in [2.05, 4.69) is 13.8 Å². The lowest BCUT2D eigenvalue weighted by atomic mass is 10.0. The number of hydrogen-bond donors (Lipinski definition) is 3. The molecule has 1 fully saturated rings. The predicted octanol–water partition coefficient (Wildman–Crippen LogP) is 7.48. The molecule has 0 saturated carbocycles. The van der Waals surface area contributed by atoms with Gasteiger partial charge in [0.05, 0.1) is 6.61 Å².